The van der Waals surface area contributed by atoms with Gasteiger partial charge in [-0.05, 0) is 13.8 Å². The smallest absolute Gasteiger partial charge is 0.364 e. The number of aliphatic hydroxyl groups excluding tert-OH is 30. The third kappa shape index (κ3) is 24.7. The number of carboxylic acids is 1. The predicted molar refractivity (Wildman–Crippen MR) is 423 cm³/mol. The van der Waals surface area contributed by atoms with Crippen LogP contribution in [0.15, 0.2) is 0 Å². The van der Waals surface area contributed by atoms with Gasteiger partial charge in [-0.3, -0.25) is 19.2 Å². The van der Waals surface area contributed by atoms with E-state index >= 15 is 0 Å². The standard InChI is InChI=1S/C77H128N4O57/c1-17-37(95)46(104)52(110)70(120-17)133-60-30(14-88)127-69(36(81-22(6)92)62(60)134-75-65(49(107)40(98)25(9-83)124-75)137-71-53(111)47(105)38(96)18(2)121-71)136-64-43(101)31(128-74(56(64)114)132-59-27(11-85)122-66(115)51(109)50(59)108)15-118-67-34(79-20(4)90)44(102)57(28(12-86)125-67)131-73-55(113)63(42(100)26(10-84)123-73)135-68-35(80-21(5)91)45(103)58(29(13-87)126-68)130-72-54(112)48(106)41(99)32(129-72)16-119-77(76(116)117)7-23(93)33(78-19(3)89)61(138-77)39(97)24(94)8-82/h17-18,23-75,82-88,93-115H,7-16H2,1-6H3,(H,78,89)(H,79,90)(H,80,91)(H,81,92)(H,116,117)/t17-,18-,23-,24+,25+,26+,27+,28+,29+,30+,31+,32+,33+,34+,35+,36+,37+,38+,39+,40-,41-,42-,43-,44+,45+,46+,47+,48-,49-,50+,51+,52-,53-,54+,55+,56+,57+,58+,59+,60+,61+,62+,63-,64-,65+,66?,67+,68?,69-,70-,71-,72-,73-,74-,75-,77+/m0/s1. The van der Waals surface area contributed by atoms with Crippen LogP contribution in [0.3, 0.4) is 0 Å². The molecule has 35 N–H and O–H groups in total. The molecule has 798 valence electrons. The van der Waals surface area contributed by atoms with E-state index in [-0.39, 0.29) is 0 Å². The molecule has 11 heterocycles. The van der Waals surface area contributed by atoms with E-state index in [1.54, 1.807) is 0 Å². The van der Waals surface area contributed by atoms with E-state index < -0.39 is 439 Å². The molecule has 11 aliphatic rings. The second-order valence-electron chi connectivity index (χ2n) is 35.2. The van der Waals surface area contributed by atoms with Gasteiger partial charge in [-0.2, -0.15) is 0 Å². The summed E-state index contributed by atoms with van der Waals surface area (Å²) in [5.74, 6) is -9.03. The normalized spacial score (nSPS) is 49.1. The van der Waals surface area contributed by atoms with Crippen LogP contribution in [0.25, 0.3) is 0 Å². The Morgan fingerprint density at radius 3 is 1.12 bits per heavy atom. The zero-order valence-corrected chi connectivity index (χ0v) is 74.3. The van der Waals surface area contributed by atoms with Crippen molar-refractivity contribution in [1.29, 1.82) is 0 Å². The summed E-state index contributed by atoms with van der Waals surface area (Å²) in [5.41, 5.74) is 0. The molecule has 56 atom stereocenters. The minimum atomic E-state index is -3.08. The summed E-state index contributed by atoms with van der Waals surface area (Å²) in [7, 11) is 0. The van der Waals surface area contributed by atoms with Crippen molar-refractivity contribution in [3.05, 3.63) is 0 Å². The summed E-state index contributed by atoms with van der Waals surface area (Å²) in [6.07, 6.45) is -110. The SMILES string of the molecule is CC(=O)N[C@H]1[C@H](OC[C@H]2O[C@@H](O[C@H]3[C@H](O)[C@@H](O)C(O)O[C@@H]3CO)[C@H](O)[C@@H](O[C@@H]3O[C@H](CO)[C@@H](O[C@@H]4O[C@@H](C)[C@@H](O)[C@@H](O)[C@@H]4O)[C@H](O[C@@H]4O[C@H](CO)[C@H](O)[C@H](O)[C@H]4O[C@@H]4O[C@@H](C)[C@@H](O)[C@@H](O)[C@@H]4O)[C@H]3NC(C)=O)[C@H]2O)O[C@H](CO)[C@@H](O[C@@H]2O[C@H](CO)[C@H](O)[C@H](OC3O[C@H](CO)[C@@H](O[C@@H]4O[C@H](CO[C@]5(C(=O)O)C[C@H](O)[C@@H](NC(C)=O)[C@H]([C@H](O)[C@H](O)CO)O5)[C@H](O)[C@H](O)[C@H]4O)[C@H](O)[C@H]3NC(C)=O)[C@H]2O)[C@@H]1O. The first-order valence-electron chi connectivity index (χ1n) is 44.0. The molecule has 138 heavy (non-hydrogen) atoms. The highest BCUT2D eigenvalue weighted by molar-refractivity contribution is 5.77. The largest absolute Gasteiger partial charge is 0.477 e. The molecule has 0 bridgehead atoms. The number of ether oxygens (including phenoxy) is 21. The van der Waals surface area contributed by atoms with Crippen molar-refractivity contribution in [2.45, 2.75) is 391 Å². The molecule has 61 nitrogen and oxygen atoms in total. The fourth-order valence-electron chi connectivity index (χ4n) is 17.9. The van der Waals surface area contributed by atoms with Gasteiger partial charge in [0, 0.05) is 34.1 Å². The van der Waals surface area contributed by atoms with Crippen LogP contribution in [0, 0.1) is 0 Å². The first kappa shape index (κ1) is 114. The Hall–Kier alpha value is -4.69. The molecular formula is C77H128N4O57. The van der Waals surface area contributed by atoms with Crippen LogP contribution in [0.1, 0.15) is 48.0 Å². The highest BCUT2D eigenvalue weighted by Crippen LogP contribution is 2.43. The molecule has 0 aromatic carbocycles. The molecule has 2 unspecified atom stereocenters. The summed E-state index contributed by atoms with van der Waals surface area (Å²) >= 11 is 0. The lowest BCUT2D eigenvalue weighted by Gasteiger charge is -2.52. The Morgan fingerprint density at radius 1 is 0.312 bits per heavy atom. The lowest BCUT2D eigenvalue weighted by Crippen LogP contribution is -2.71. The number of hydrogen-bond donors (Lipinski definition) is 35. The van der Waals surface area contributed by atoms with Crippen LogP contribution < -0.4 is 21.3 Å². The molecule has 11 fully saturated rings. The zero-order valence-electron chi connectivity index (χ0n) is 74.3. The van der Waals surface area contributed by atoms with E-state index in [0.717, 1.165) is 27.7 Å². The molecule has 0 aromatic heterocycles. The average molecular weight is 2020 g/mol. The van der Waals surface area contributed by atoms with Crippen molar-refractivity contribution in [3.8, 4) is 0 Å². The fourth-order valence-corrected chi connectivity index (χ4v) is 17.9. The summed E-state index contributed by atoms with van der Waals surface area (Å²) in [6, 6.07) is -7.83. The summed E-state index contributed by atoms with van der Waals surface area (Å²) < 4.78 is 125. The Labute approximate surface area is 780 Å². The lowest BCUT2D eigenvalue weighted by atomic mass is 9.88. The molecular weight excluding hydrogens is 1890 g/mol. The maximum atomic E-state index is 13.7. The van der Waals surface area contributed by atoms with Crippen LogP contribution >= 0.6 is 0 Å². The molecule has 0 saturated carbocycles. The number of aliphatic carboxylic acids is 1. The minimum Gasteiger partial charge on any atom is -0.477 e. The molecule has 0 aromatic rings. The van der Waals surface area contributed by atoms with Gasteiger partial charge in [0.05, 0.1) is 83.8 Å². The Balaban J connectivity index is 0.843. The van der Waals surface area contributed by atoms with Crippen molar-refractivity contribution in [1.82, 2.24) is 21.3 Å². The number of amides is 4. The highest BCUT2D eigenvalue weighted by Gasteiger charge is 2.64. The Kier molecular flexibility index (Phi) is 40.1. The molecule has 11 saturated heterocycles. The van der Waals surface area contributed by atoms with Gasteiger partial charge in [-0.15, -0.1) is 0 Å². The van der Waals surface area contributed by atoms with Gasteiger partial charge in [-0.25, -0.2) is 4.79 Å². The molecule has 0 radical (unpaired) electrons. The molecule has 4 amide bonds. The zero-order chi connectivity index (χ0) is 102. The summed E-state index contributed by atoms with van der Waals surface area (Å²) in [5, 5.41) is 356. The maximum Gasteiger partial charge on any atom is 0.364 e. The molecule has 61 heteroatoms. The fraction of sp³-hybridized carbons (Fsp3) is 0.935. The highest BCUT2D eigenvalue weighted by atomic mass is 16.8. The number of carbonyl (C=O) groups is 5. The first-order chi connectivity index (χ1) is 65.0. The summed E-state index contributed by atoms with van der Waals surface area (Å²) in [6.45, 7) is -4.65. The topological polar surface area (TPSA) is 954 Å². The third-order valence-electron chi connectivity index (χ3n) is 25.5. The molecule has 0 spiro atoms. The number of nitrogens with one attached hydrogen (secondary N) is 4. The van der Waals surface area contributed by atoms with Crippen molar-refractivity contribution in [2.75, 3.05) is 59.5 Å². The van der Waals surface area contributed by atoms with Crippen LogP contribution in [0.2, 0.25) is 0 Å². The van der Waals surface area contributed by atoms with Gasteiger partial charge in [0.25, 0.3) is 5.79 Å². The van der Waals surface area contributed by atoms with Crippen LogP contribution in [-0.2, 0) is 123 Å². The Bertz CT molecular complexity index is 3860. The van der Waals surface area contributed by atoms with Crippen molar-refractivity contribution >= 4 is 29.6 Å². The second-order valence-corrected chi connectivity index (χ2v) is 35.2. The van der Waals surface area contributed by atoms with E-state index in [9.17, 15) is 182 Å². The number of rotatable bonds is 36. The molecule has 11 rings (SSSR count). The van der Waals surface area contributed by atoms with E-state index in [4.69, 9.17) is 99.5 Å². The monoisotopic (exact) mass is 2020 g/mol. The van der Waals surface area contributed by atoms with Gasteiger partial charge >= 0.3 is 5.97 Å². The van der Waals surface area contributed by atoms with Crippen LogP contribution in [0.4, 0.5) is 0 Å². The van der Waals surface area contributed by atoms with Gasteiger partial charge in [0.2, 0.25) is 23.6 Å². The van der Waals surface area contributed by atoms with Crippen LogP contribution in [-0.4, -0.2) is 590 Å². The third-order valence-corrected chi connectivity index (χ3v) is 25.5. The molecule has 0 aliphatic carbocycles. The number of hydrogen-bond acceptors (Lipinski definition) is 56. The average Bonchev–Trinajstić information content (AvgIpc) is 0.757. The number of carbonyl (C=O) groups excluding carboxylic acids is 4. The summed E-state index contributed by atoms with van der Waals surface area (Å²) in [4.78, 5) is 65.2. The number of carboxylic acid groups (broad SMARTS) is 1. The quantitative estimate of drug-likeness (QED) is 0.0277. The van der Waals surface area contributed by atoms with Gasteiger partial charge in [0.1, 0.15) is 250 Å². The first-order valence-corrected chi connectivity index (χ1v) is 44.0. The van der Waals surface area contributed by atoms with Gasteiger partial charge < -0.3 is 279 Å². The van der Waals surface area contributed by atoms with Crippen molar-refractivity contribution < 1.29 is 282 Å². The van der Waals surface area contributed by atoms with Gasteiger partial charge in [0.15, 0.2) is 62.9 Å². The van der Waals surface area contributed by atoms with Crippen molar-refractivity contribution in [3.63, 3.8) is 0 Å². The lowest BCUT2D eigenvalue weighted by molar-refractivity contribution is -0.401. The predicted octanol–water partition coefficient (Wildman–Crippen LogP) is -23.1. The van der Waals surface area contributed by atoms with Crippen LogP contribution in [0.5, 0.6) is 0 Å². The van der Waals surface area contributed by atoms with E-state index in [0.29, 0.717) is 0 Å². The van der Waals surface area contributed by atoms with E-state index in [1.165, 1.54) is 13.8 Å². The molecule has 11 aliphatic heterocycles. The second kappa shape index (κ2) is 48.8. The van der Waals surface area contributed by atoms with E-state index in [2.05, 4.69) is 21.3 Å². The van der Waals surface area contributed by atoms with Crippen molar-refractivity contribution in [2.24, 2.45) is 0 Å². The minimum absolute atomic E-state index is 0.839. The Morgan fingerprint density at radius 2 is 0.645 bits per heavy atom. The van der Waals surface area contributed by atoms with Gasteiger partial charge in [-0.1, -0.05) is 0 Å². The number of aliphatic hydroxyl groups is 30. The van der Waals surface area contributed by atoms with E-state index in [1.807, 2.05) is 0 Å². The maximum absolute atomic E-state index is 13.7.